The maximum atomic E-state index is 5.96. The van der Waals surface area contributed by atoms with Crippen molar-refractivity contribution >= 4 is 15.9 Å². The van der Waals surface area contributed by atoms with Gasteiger partial charge in [0.2, 0.25) is 11.7 Å². The molecule has 0 radical (unpaired) electrons. The molecule has 1 aromatic carbocycles. The number of hydrogen-bond acceptors (Lipinski definition) is 5. The molecular weight excluding hydrogens is 334 g/mol. The van der Waals surface area contributed by atoms with Gasteiger partial charge in [-0.25, -0.2) is 0 Å². The van der Waals surface area contributed by atoms with Crippen molar-refractivity contribution in [3.8, 4) is 17.1 Å². The maximum Gasteiger partial charge on any atom is 0.234 e. The van der Waals surface area contributed by atoms with Crippen LogP contribution in [0.3, 0.4) is 0 Å². The van der Waals surface area contributed by atoms with E-state index in [1.54, 1.807) is 7.11 Å². The minimum absolute atomic E-state index is 0.130. The summed E-state index contributed by atoms with van der Waals surface area (Å²) >= 11 is 3.47. The zero-order valence-electron chi connectivity index (χ0n) is 11.9. The van der Waals surface area contributed by atoms with E-state index in [9.17, 15) is 0 Å². The Morgan fingerprint density at radius 1 is 1.38 bits per heavy atom. The third-order valence-electron chi connectivity index (χ3n) is 4.24. The third-order valence-corrected chi connectivity index (χ3v) is 4.86. The van der Waals surface area contributed by atoms with Crippen LogP contribution in [0.4, 0.5) is 0 Å². The Bertz CT molecular complexity index is 636. The first-order valence-electron chi connectivity index (χ1n) is 7.07. The van der Waals surface area contributed by atoms with Crippen molar-refractivity contribution < 1.29 is 9.26 Å². The van der Waals surface area contributed by atoms with Crippen molar-refractivity contribution in [1.29, 1.82) is 0 Å². The summed E-state index contributed by atoms with van der Waals surface area (Å²) < 4.78 is 11.6. The maximum absolute atomic E-state index is 5.96. The zero-order valence-corrected chi connectivity index (χ0v) is 13.5. The summed E-state index contributed by atoms with van der Waals surface area (Å²) in [5, 5.41) is 4.12. The normalized spacial score (nSPS) is 17.1. The molecule has 0 saturated heterocycles. The van der Waals surface area contributed by atoms with E-state index in [0.29, 0.717) is 18.3 Å². The van der Waals surface area contributed by atoms with Gasteiger partial charge < -0.3 is 15.0 Å². The molecule has 1 saturated carbocycles. The van der Waals surface area contributed by atoms with E-state index in [2.05, 4.69) is 26.1 Å². The van der Waals surface area contributed by atoms with Crippen LogP contribution in [-0.4, -0.2) is 23.8 Å². The SMILES string of the molecule is COc1ccc(-c2noc(C3(CN)CCCC3)n2)cc1Br. The Kier molecular flexibility index (Phi) is 3.99. The third kappa shape index (κ3) is 2.58. The van der Waals surface area contributed by atoms with Crippen LogP contribution in [0.5, 0.6) is 5.75 Å². The fraction of sp³-hybridized carbons (Fsp3) is 0.467. The molecule has 3 rings (SSSR count). The number of benzene rings is 1. The van der Waals surface area contributed by atoms with Crippen molar-refractivity contribution in [3.05, 3.63) is 28.6 Å². The molecule has 0 unspecified atom stereocenters. The van der Waals surface area contributed by atoms with Crippen LogP contribution in [0.25, 0.3) is 11.4 Å². The smallest absolute Gasteiger partial charge is 0.234 e. The van der Waals surface area contributed by atoms with Crippen molar-refractivity contribution in [3.63, 3.8) is 0 Å². The molecule has 0 bridgehead atoms. The highest BCUT2D eigenvalue weighted by Gasteiger charge is 2.39. The molecule has 112 valence electrons. The van der Waals surface area contributed by atoms with Crippen molar-refractivity contribution in [2.24, 2.45) is 5.73 Å². The molecule has 0 aliphatic heterocycles. The van der Waals surface area contributed by atoms with Crippen LogP contribution >= 0.6 is 15.9 Å². The molecule has 1 aliphatic rings. The first-order chi connectivity index (χ1) is 10.2. The van der Waals surface area contributed by atoms with Crippen LogP contribution in [0.2, 0.25) is 0 Å². The Morgan fingerprint density at radius 3 is 2.76 bits per heavy atom. The van der Waals surface area contributed by atoms with E-state index in [4.69, 9.17) is 15.0 Å². The predicted molar refractivity (Wildman–Crippen MR) is 83.2 cm³/mol. The molecule has 1 aliphatic carbocycles. The number of nitrogens with two attached hydrogens (primary N) is 1. The Morgan fingerprint density at radius 2 is 2.14 bits per heavy atom. The van der Waals surface area contributed by atoms with E-state index < -0.39 is 0 Å². The summed E-state index contributed by atoms with van der Waals surface area (Å²) in [5.74, 6) is 2.04. The highest BCUT2D eigenvalue weighted by Crippen LogP contribution is 2.40. The van der Waals surface area contributed by atoms with Crippen LogP contribution in [0.15, 0.2) is 27.2 Å². The van der Waals surface area contributed by atoms with Gasteiger partial charge in [-0.15, -0.1) is 0 Å². The summed E-state index contributed by atoms with van der Waals surface area (Å²) in [6.45, 7) is 0.556. The van der Waals surface area contributed by atoms with Gasteiger partial charge in [0.15, 0.2) is 0 Å². The van der Waals surface area contributed by atoms with E-state index in [1.165, 1.54) is 12.8 Å². The van der Waals surface area contributed by atoms with Gasteiger partial charge in [-0.3, -0.25) is 0 Å². The summed E-state index contributed by atoms with van der Waals surface area (Å²) in [6.07, 6.45) is 4.39. The minimum atomic E-state index is -0.130. The fourth-order valence-electron chi connectivity index (χ4n) is 2.92. The van der Waals surface area contributed by atoms with Gasteiger partial charge in [-0.05, 0) is 47.0 Å². The predicted octanol–water partition coefficient (Wildman–Crippen LogP) is 3.28. The molecular formula is C15H18BrN3O2. The van der Waals surface area contributed by atoms with Crippen LogP contribution in [0, 0.1) is 0 Å². The average Bonchev–Trinajstić information content (AvgIpc) is 3.17. The van der Waals surface area contributed by atoms with E-state index in [0.717, 1.165) is 28.6 Å². The number of aromatic nitrogens is 2. The Balaban J connectivity index is 1.93. The van der Waals surface area contributed by atoms with Gasteiger partial charge in [0, 0.05) is 12.1 Å². The van der Waals surface area contributed by atoms with E-state index >= 15 is 0 Å². The Labute approximate surface area is 132 Å². The first kappa shape index (κ1) is 14.5. The van der Waals surface area contributed by atoms with Crippen LogP contribution in [-0.2, 0) is 5.41 Å². The van der Waals surface area contributed by atoms with Gasteiger partial charge >= 0.3 is 0 Å². The highest BCUT2D eigenvalue weighted by molar-refractivity contribution is 9.10. The van der Waals surface area contributed by atoms with Gasteiger partial charge in [-0.2, -0.15) is 4.98 Å². The van der Waals surface area contributed by atoms with E-state index in [1.807, 2.05) is 18.2 Å². The minimum Gasteiger partial charge on any atom is -0.496 e. The molecule has 1 fully saturated rings. The molecule has 1 heterocycles. The molecule has 0 atom stereocenters. The quantitative estimate of drug-likeness (QED) is 0.914. The standard InChI is InChI=1S/C15H18BrN3O2/c1-20-12-5-4-10(8-11(12)16)13-18-14(21-19-13)15(9-17)6-2-3-7-15/h4-5,8H,2-3,6-7,9,17H2,1H3. The Hall–Kier alpha value is -1.40. The van der Waals surface area contributed by atoms with Gasteiger partial charge in [0.05, 0.1) is 17.0 Å². The summed E-state index contributed by atoms with van der Waals surface area (Å²) in [6, 6.07) is 5.73. The number of rotatable bonds is 4. The van der Waals surface area contributed by atoms with Crippen molar-refractivity contribution in [2.45, 2.75) is 31.1 Å². The second kappa shape index (κ2) is 5.77. The average molecular weight is 352 g/mol. The summed E-state index contributed by atoms with van der Waals surface area (Å²) in [7, 11) is 1.64. The van der Waals surface area contributed by atoms with E-state index in [-0.39, 0.29) is 5.41 Å². The number of nitrogens with zero attached hydrogens (tertiary/aromatic N) is 2. The molecule has 2 aromatic rings. The monoisotopic (exact) mass is 351 g/mol. The van der Waals surface area contributed by atoms with Crippen LogP contribution in [0.1, 0.15) is 31.6 Å². The van der Waals surface area contributed by atoms with Gasteiger partial charge in [0.1, 0.15) is 5.75 Å². The molecule has 21 heavy (non-hydrogen) atoms. The molecule has 2 N–H and O–H groups in total. The second-order valence-corrected chi connectivity index (χ2v) is 6.32. The highest BCUT2D eigenvalue weighted by atomic mass is 79.9. The lowest BCUT2D eigenvalue weighted by Crippen LogP contribution is -2.32. The summed E-state index contributed by atoms with van der Waals surface area (Å²) in [5.41, 5.74) is 6.72. The molecule has 0 spiro atoms. The van der Waals surface area contributed by atoms with Gasteiger partial charge in [-0.1, -0.05) is 18.0 Å². The van der Waals surface area contributed by atoms with Crippen LogP contribution < -0.4 is 10.5 Å². The number of ether oxygens (including phenoxy) is 1. The lowest BCUT2D eigenvalue weighted by molar-refractivity contribution is 0.284. The zero-order chi connectivity index (χ0) is 14.9. The molecule has 5 nitrogen and oxygen atoms in total. The number of methoxy groups -OCH3 is 1. The fourth-order valence-corrected chi connectivity index (χ4v) is 3.46. The first-order valence-corrected chi connectivity index (χ1v) is 7.86. The second-order valence-electron chi connectivity index (χ2n) is 5.46. The topological polar surface area (TPSA) is 74.2 Å². The summed E-state index contributed by atoms with van der Waals surface area (Å²) in [4.78, 5) is 4.58. The molecule has 0 amide bonds. The van der Waals surface area contributed by atoms with Crippen molar-refractivity contribution in [1.82, 2.24) is 10.1 Å². The largest absolute Gasteiger partial charge is 0.496 e. The molecule has 1 aromatic heterocycles. The number of hydrogen-bond donors (Lipinski definition) is 1. The number of halogens is 1. The van der Waals surface area contributed by atoms with Crippen molar-refractivity contribution in [2.75, 3.05) is 13.7 Å². The lowest BCUT2D eigenvalue weighted by Gasteiger charge is -2.21. The molecule has 6 heteroatoms. The lowest BCUT2D eigenvalue weighted by atomic mass is 9.86. The van der Waals surface area contributed by atoms with Gasteiger partial charge in [0.25, 0.3) is 0 Å².